The van der Waals surface area contributed by atoms with Crippen molar-refractivity contribution in [2.45, 2.75) is 12.5 Å². The molecule has 3 aromatic rings. The van der Waals surface area contributed by atoms with Gasteiger partial charge in [0.1, 0.15) is 5.82 Å². The van der Waals surface area contributed by atoms with Crippen molar-refractivity contribution in [2.24, 2.45) is 5.73 Å². The van der Waals surface area contributed by atoms with Crippen molar-refractivity contribution in [1.29, 1.82) is 0 Å². The summed E-state index contributed by atoms with van der Waals surface area (Å²) in [5.74, 6) is 0.481. The van der Waals surface area contributed by atoms with E-state index < -0.39 is 0 Å². The van der Waals surface area contributed by atoms with Crippen molar-refractivity contribution in [3.05, 3.63) is 71.9 Å². The van der Waals surface area contributed by atoms with Gasteiger partial charge in [-0.15, -0.1) is 0 Å². The lowest BCUT2D eigenvalue weighted by Crippen LogP contribution is -2.13. The molecule has 0 aliphatic rings. The molecule has 0 saturated heterocycles. The van der Waals surface area contributed by atoms with Gasteiger partial charge in [-0.3, -0.25) is 0 Å². The number of aromatic nitrogens is 2. The van der Waals surface area contributed by atoms with Gasteiger partial charge in [0.05, 0.1) is 6.04 Å². The summed E-state index contributed by atoms with van der Waals surface area (Å²) < 4.78 is 18.1. The van der Waals surface area contributed by atoms with E-state index in [0.29, 0.717) is 23.7 Å². The molecule has 2 N–H and O–H groups in total. The predicted octanol–water partition coefficient (Wildman–Crippen LogP) is 3.12. The maximum absolute atomic E-state index is 12.9. The Kier molecular flexibility index (Phi) is 3.75. The first-order valence-electron chi connectivity index (χ1n) is 6.61. The molecule has 2 aromatic carbocycles. The van der Waals surface area contributed by atoms with E-state index in [2.05, 4.69) is 10.1 Å². The molecule has 3 rings (SSSR count). The van der Waals surface area contributed by atoms with Crippen molar-refractivity contribution in [1.82, 2.24) is 10.1 Å². The van der Waals surface area contributed by atoms with Crippen LogP contribution in [0.2, 0.25) is 0 Å². The number of nitrogens with two attached hydrogens (primary N) is 1. The second-order valence-electron chi connectivity index (χ2n) is 4.76. The topological polar surface area (TPSA) is 64.9 Å². The Hall–Kier alpha value is -2.53. The van der Waals surface area contributed by atoms with Gasteiger partial charge in [0.2, 0.25) is 11.7 Å². The molecule has 0 unspecified atom stereocenters. The van der Waals surface area contributed by atoms with E-state index in [0.717, 1.165) is 5.56 Å². The van der Waals surface area contributed by atoms with Gasteiger partial charge < -0.3 is 10.3 Å². The van der Waals surface area contributed by atoms with Crippen molar-refractivity contribution in [3.63, 3.8) is 0 Å². The molecule has 1 heterocycles. The van der Waals surface area contributed by atoms with Gasteiger partial charge in [0, 0.05) is 5.56 Å². The second kappa shape index (κ2) is 5.85. The fourth-order valence-corrected chi connectivity index (χ4v) is 2.06. The third-order valence-electron chi connectivity index (χ3n) is 3.16. The highest BCUT2D eigenvalue weighted by atomic mass is 19.1. The van der Waals surface area contributed by atoms with E-state index in [4.69, 9.17) is 10.3 Å². The number of rotatable bonds is 4. The minimum atomic E-state index is -0.367. The van der Waals surface area contributed by atoms with Crippen LogP contribution in [0.15, 0.2) is 59.1 Å². The van der Waals surface area contributed by atoms with Crippen LogP contribution in [-0.4, -0.2) is 10.1 Å². The Morgan fingerprint density at radius 3 is 2.48 bits per heavy atom. The van der Waals surface area contributed by atoms with Crippen LogP contribution in [0.5, 0.6) is 0 Å². The monoisotopic (exact) mass is 283 g/mol. The van der Waals surface area contributed by atoms with Crippen LogP contribution in [-0.2, 0) is 6.42 Å². The maximum Gasteiger partial charge on any atom is 0.244 e. The zero-order valence-corrected chi connectivity index (χ0v) is 11.2. The van der Waals surface area contributed by atoms with Gasteiger partial charge in [-0.2, -0.15) is 4.98 Å². The van der Waals surface area contributed by atoms with Crippen LogP contribution in [0.3, 0.4) is 0 Å². The maximum atomic E-state index is 12.9. The summed E-state index contributed by atoms with van der Waals surface area (Å²) in [6.45, 7) is 0. The Balaban J connectivity index is 1.76. The smallest absolute Gasteiger partial charge is 0.244 e. The van der Waals surface area contributed by atoms with Gasteiger partial charge in [-0.1, -0.05) is 35.5 Å². The second-order valence-corrected chi connectivity index (χ2v) is 4.76. The van der Waals surface area contributed by atoms with Crippen LogP contribution in [0.1, 0.15) is 17.5 Å². The lowest BCUT2D eigenvalue weighted by molar-refractivity contribution is 0.354. The van der Waals surface area contributed by atoms with Gasteiger partial charge in [0.25, 0.3) is 0 Å². The minimum Gasteiger partial charge on any atom is -0.337 e. The average Bonchev–Trinajstić information content (AvgIpc) is 2.99. The first-order chi connectivity index (χ1) is 10.2. The predicted molar refractivity (Wildman–Crippen MR) is 76.8 cm³/mol. The number of hydrogen-bond acceptors (Lipinski definition) is 4. The van der Waals surface area contributed by atoms with Crippen LogP contribution in [0, 0.1) is 5.82 Å². The van der Waals surface area contributed by atoms with Crippen LogP contribution in [0.25, 0.3) is 11.4 Å². The van der Waals surface area contributed by atoms with E-state index in [-0.39, 0.29) is 11.9 Å². The molecular weight excluding hydrogens is 269 g/mol. The largest absolute Gasteiger partial charge is 0.337 e. The van der Waals surface area contributed by atoms with Crippen molar-refractivity contribution in [2.75, 3.05) is 0 Å². The summed E-state index contributed by atoms with van der Waals surface area (Å²) >= 11 is 0. The normalized spacial score (nSPS) is 12.3. The first-order valence-corrected chi connectivity index (χ1v) is 6.61. The molecule has 21 heavy (non-hydrogen) atoms. The molecule has 1 aromatic heterocycles. The molecule has 0 amide bonds. The Bertz CT molecular complexity index is 710. The summed E-state index contributed by atoms with van der Waals surface area (Å²) in [6, 6.07) is 15.4. The molecule has 0 fully saturated rings. The average molecular weight is 283 g/mol. The summed E-state index contributed by atoms with van der Waals surface area (Å²) in [6.07, 6.45) is 0.617. The van der Waals surface area contributed by atoms with Crippen LogP contribution < -0.4 is 5.73 Å². The standard InChI is InChI=1S/C16H14FN3O/c17-13-8-6-12(7-9-13)15-19-16(21-20-15)14(18)10-11-4-2-1-3-5-11/h1-9,14H,10,18H2/t14-/m0/s1. The van der Waals surface area contributed by atoms with Gasteiger partial charge in [-0.25, -0.2) is 4.39 Å². The molecule has 0 aliphatic heterocycles. The number of benzene rings is 2. The molecule has 0 bridgehead atoms. The third-order valence-corrected chi connectivity index (χ3v) is 3.16. The van der Waals surface area contributed by atoms with Gasteiger partial charge in [-0.05, 0) is 36.2 Å². The highest BCUT2D eigenvalue weighted by Gasteiger charge is 2.16. The molecule has 0 spiro atoms. The zero-order valence-electron chi connectivity index (χ0n) is 11.2. The van der Waals surface area contributed by atoms with E-state index in [1.165, 1.54) is 12.1 Å². The molecule has 1 atom stereocenters. The fraction of sp³-hybridized carbons (Fsp3) is 0.125. The molecule has 0 aliphatic carbocycles. The quantitative estimate of drug-likeness (QED) is 0.799. The fourth-order valence-electron chi connectivity index (χ4n) is 2.06. The number of hydrogen-bond donors (Lipinski definition) is 1. The summed E-state index contributed by atoms with van der Waals surface area (Å²) in [7, 11) is 0. The minimum absolute atomic E-state index is 0.303. The lowest BCUT2D eigenvalue weighted by Gasteiger charge is -2.05. The molecule has 106 valence electrons. The van der Waals surface area contributed by atoms with E-state index in [1.54, 1.807) is 12.1 Å². The van der Waals surface area contributed by atoms with Crippen molar-refractivity contribution < 1.29 is 8.91 Å². The summed E-state index contributed by atoms with van der Waals surface area (Å²) in [5.41, 5.74) is 7.88. The highest BCUT2D eigenvalue weighted by Crippen LogP contribution is 2.20. The zero-order chi connectivity index (χ0) is 14.7. The number of nitrogens with zero attached hydrogens (tertiary/aromatic N) is 2. The molecule has 0 saturated carbocycles. The molecule has 0 radical (unpaired) electrons. The van der Waals surface area contributed by atoms with Crippen molar-refractivity contribution >= 4 is 0 Å². The Morgan fingerprint density at radius 2 is 1.76 bits per heavy atom. The van der Waals surface area contributed by atoms with Crippen molar-refractivity contribution in [3.8, 4) is 11.4 Å². The summed E-state index contributed by atoms with van der Waals surface area (Å²) in [4.78, 5) is 4.28. The highest BCUT2D eigenvalue weighted by molar-refractivity contribution is 5.53. The van der Waals surface area contributed by atoms with Crippen LogP contribution >= 0.6 is 0 Å². The van der Waals surface area contributed by atoms with E-state index in [1.807, 2.05) is 30.3 Å². The van der Waals surface area contributed by atoms with E-state index >= 15 is 0 Å². The Morgan fingerprint density at radius 1 is 1.05 bits per heavy atom. The number of halogens is 1. The molecule has 4 nitrogen and oxygen atoms in total. The van der Waals surface area contributed by atoms with Gasteiger partial charge in [0.15, 0.2) is 0 Å². The van der Waals surface area contributed by atoms with Gasteiger partial charge >= 0.3 is 0 Å². The SMILES string of the molecule is N[C@@H](Cc1ccccc1)c1nc(-c2ccc(F)cc2)no1. The lowest BCUT2D eigenvalue weighted by atomic mass is 10.1. The molecular formula is C16H14FN3O. The summed E-state index contributed by atoms with van der Waals surface area (Å²) in [5, 5.41) is 3.89. The third kappa shape index (κ3) is 3.14. The Labute approximate surface area is 121 Å². The van der Waals surface area contributed by atoms with Crippen LogP contribution in [0.4, 0.5) is 4.39 Å². The van der Waals surface area contributed by atoms with E-state index in [9.17, 15) is 4.39 Å². The molecule has 5 heteroatoms. The first kappa shape index (κ1) is 13.5.